The number of hydrogen-bond acceptors (Lipinski definition) is 3. The van der Waals surface area contributed by atoms with Crippen LogP contribution in [0.4, 0.5) is 4.39 Å². The van der Waals surface area contributed by atoms with E-state index in [-0.39, 0.29) is 5.82 Å². The normalized spacial score (nSPS) is 12.1. The zero-order chi connectivity index (χ0) is 15.6. The lowest BCUT2D eigenvalue weighted by Gasteiger charge is -2.18. The van der Waals surface area contributed by atoms with Crippen molar-refractivity contribution in [2.75, 3.05) is 14.2 Å². The number of aryl methyl sites for hydroxylation is 1. The van der Waals surface area contributed by atoms with Gasteiger partial charge in [0.2, 0.25) is 0 Å². The van der Waals surface area contributed by atoms with Crippen molar-refractivity contribution in [2.24, 2.45) is 5.73 Å². The lowest BCUT2D eigenvalue weighted by atomic mass is 9.97. The van der Waals surface area contributed by atoms with Crippen molar-refractivity contribution in [3.05, 3.63) is 57.9 Å². The van der Waals surface area contributed by atoms with Crippen LogP contribution in [0.5, 0.6) is 11.5 Å². The van der Waals surface area contributed by atoms with Crippen molar-refractivity contribution >= 4 is 11.6 Å². The molecule has 0 aliphatic rings. The molecule has 3 nitrogen and oxygen atoms in total. The second kappa shape index (κ2) is 6.33. The molecule has 5 heteroatoms. The Balaban J connectivity index is 2.53. The highest BCUT2D eigenvalue weighted by Gasteiger charge is 2.20. The van der Waals surface area contributed by atoms with Crippen LogP contribution in [0.2, 0.25) is 5.02 Å². The smallest absolute Gasteiger partial charge is 0.162 e. The number of hydrogen-bond donors (Lipinski definition) is 1. The molecule has 2 aromatic carbocycles. The van der Waals surface area contributed by atoms with E-state index in [0.717, 1.165) is 0 Å². The minimum absolute atomic E-state index is 0.323. The Morgan fingerprint density at radius 1 is 1.10 bits per heavy atom. The fourth-order valence-corrected chi connectivity index (χ4v) is 2.46. The van der Waals surface area contributed by atoms with Gasteiger partial charge in [-0.1, -0.05) is 29.8 Å². The van der Waals surface area contributed by atoms with E-state index in [1.165, 1.54) is 14.2 Å². The third-order valence-electron chi connectivity index (χ3n) is 3.39. The zero-order valence-electron chi connectivity index (χ0n) is 12.1. The van der Waals surface area contributed by atoms with Gasteiger partial charge < -0.3 is 15.2 Å². The van der Waals surface area contributed by atoms with E-state index >= 15 is 0 Å². The second-order valence-corrected chi connectivity index (χ2v) is 5.09. The summed E-state index contributed by atoms with van der Waals surface area (Å²) >= 11 is 6.24. The minimum Gasteiger partial charge on any atom is -0.493 e. The summed E-state index contributed by atoms with van der Waals surface area (Å²) < 4.78 is 24.6. The molecule has 0 fully saturated rings. The van der Waals surface area contributed by atoms with Crippen LogP contribution in [-0.4, -0.2) is 14.2 Å². The Labute approximate surface area is 128 Å². The average Bonchev–Trinajstić information content (AvgIpc) is 2.49. The average molecular weight is 310 g/mol. The van der Waals surface area contributed by atoms with Gasteiger partial charge in [0.25, 0.3) is 0 Å². The molecule has 2 aromatic rings. The van der Waals surface area contributed by atoms with Crippen molar-refractivity contribution in [3.63, 3.8) is 0 Å². The van der Waals surface area contributed by atoms with Crippen LogP contribution in [0.1, 0.15) is 22.7 Å². The molecular formula is C16H17ClFNO2. The fourth-order valence-electron chi connectivity index (χ4n) is 2.19. The van der Waals surface area contributed by atoms with Crippen LogP contribution < -0.4 is 15.2 Å². The molecule has 0 heterocycles. The van der Waals surface area contributed by atoms with Crippen LogP contribution in [-0.2, 0) is 0 Å². The van der Waals surface area contributed by atoms with E-state index < -0.39 is 6.04 Å². The summed E-state index contributed by atoms with van der Waals surface area (Å²) in [4.78, 5) is 0. The molecule has 112 valence electrons. The van der Waals surface area contributed by atoms with E-state index in [9.17, 15) is 4.39 Å². The summed E-state index contributed by atoms with van der Waals surface area (Å²) in [5.74, 6) is 0.680. The van der Waals surface area contributed by atoms with Gasteiger partial charge in [0.1, 0.15) is 5.82 Å². The molecule has 0 amide bonds. The Bertz CT molecular complexity index is 661. The van der Waals surface area contributed by atoms with E-state index in [0.29, 0.717) is 33.2 Å². The lowest BCUT2D eigenvalue weighted by Crippen LogP contribution is -2.15. The zero-order valence-corrected chi connectivity index (χ0v) is 12.9. The van der Waals surface area contributed by atoms with Crippen molar-refractivity contribution in [2.45, 2.75) is 13.0 Å². The third kappa shape index (κ3) is 2.96. The van der Waals surface area contributed by atoms with Gasteiger partial charge in [0.15, 0.2) is 11.5 Å². The van der Waals surface area contributed by atoms with Gasteiger partial charge >= 0.3 is 0 Å². The van der Waals surface area contributed by atoms with Crippen LogP contribution in [0.15, 0.2) is 30.3 Å². The van der Waals surface area contributed by atoms with Crippen LogP contribution >= 0.6 is 11.6 Å². The summed E-state index contributed by atoms with van der Waals surface area (Å²) in [6.07, 6.45) is 0. The second-order valence-electron chi connectivity index (χ2n) is 4.68. The first-order valence-electron chi connectivity index (χ1n) is 6.41. The van der Waals surface area contributed by atoms with Gasteiger partial charge in [-0.15, -0.1) is 0 Å². The monoisotopic (exact) mass is 309 g/mol. The molecule has 0 aromatic heterocycles. The molecule has 0 radical (unpaired) electrons. The highest BCUT2D eigenvalue weighted by atomic mass is 35.5. The quantitative estimate of drug-likeness (QED) is 0.933. The molecule has 0 spiro atoms. The van der Waals surface area contributed by atoms with Crippen molar-refractivity contribution in [1.82, 2.24) is 0 Å². The van der Waals surface area contributed by atoms with Gasteiger partial charge in [-0.05, 0) is 24.1 Å². The molecule has 2 rings (SSSR count). The number of methoxy groups -OCH3 is 2. The SMILES string of the molecule is COc1cc(Cl)c(C(N)c2cccc(C)c2F)cc1OC. The van der Waals surface area contributed by atoms with Crippen LogP contribution in [0.3, 0.4) is 0 Å². The molecule has 0 bridgehead atoms. The minimum atomic E-state index is -0.683. The van der Waals surface area contributed by atoms with Crippen molar-refractivity contribution in [1.29, 1.82) is 0 Å². The first-order chi connectivity index (χ1) is 9.99. The van der Waals surface area contributed by atoms with Crippen LogP contribution in [0, 0.1) is 12.7 Å². The van der Waals surface area contributed by atoms with E-state index in [1.807, 2.05) is 0 Å². The van der Waals surface area contributed by atoms with E-state index in [1.54, 1.807) is 37.3 Å². The maximum absolute atomic E-state index is 14.2. The summed E-state index contributed by atoms with van der Waals surface area (Å²) in [5.41, 5.74) is 7.70. The molecule has 1 unspecified atom stereocenters. The Kier molecular flexibility index (Phi) is 4.70. The highest BCUT2D eigenvalue weighted by Crippen LogP contribution is 2.37. The number of benzene rings is 2. The predicted molar refractivity (Wildman–Crippen MR) is 81.7 cm³/mol. The lowest BCUT2D eigenvalue weighted by molar-refractivity contribution is 0.354. The summed E-state index contributed by atoms with van der Waals surface area (Å²) in [6.45, 7) is 1.70. The maximum atomic E-state index is 14.2. The topological polar surface area (TPSA) is 44.5 Å². The summed E-state index contributed by atoms with van der Waals surface area (Å²) in [6, 6.07) is 7.72. The third-order valence-corrected chi connectivity index (χ3v) is 3.72. The summed E-state index contributed by atoms with van der Waals surface area (Å²) in [5, 5.41) is 0.404. The molecule has 2 N–H and O–H groups in total. The van der Waals surface area contributed by atoms with Gasteiger partial charge in [-0.25, -0.2) is 4.39 Å². The Hall–Kier alpha value is -1.78. The maximum Gasteiger partial charge on any atom is 0.162 e. The standard InChI is InChI=1S/C16H17ClFNO2/c1-9-5-4-6-10(15(9)18)16(19)11-7-13(20-2)14(21-3)8-12(11)17/h4-8,16H,19H2,1-3H3. The first kappa shape index (κ1) is 15.6. The molecule has 21 heavy (non-hydrogen) atoms. The number of halogens is 2. The predicted octanol–water partition coefficient (Wildman–Crippen LogP) is 3.85. The molecule has 0 aliphatic carbocycles. The molecule has 1 atom stereocenters. The van der Waals surface area contributed by atoms with E-state index in [4.69, 9.17) is 26.8 Å². The van der Waals surface area contributed by atoms with Gasteiger partial charge in [-0.3, -0.25) is 0 Å². The van der Waals surface area contributed by atoms with Crippen molar-refractivity contribution < 1.29 is 13.9 Å². The number of ether oxygens (including phenoxy) is 2. The molecule has 0 saturated heterocycles. The fraction of sp³-hybridized carbons (Fsp3) is 0.250. The van der Waals surface area contributed by atoms with Crippen molar-refractivity contribution in [3.8, 4) is 11.5 Å². The van der Waals surface area contributed by atoms with Gasteiger partial charge in [0, 0.05) is 16.7 Å². The van der Waals surface area contributed by atoms with E-state index in [2.05, 4.69) is 0 Å². The molecule has 0 saturated carbocycles. The Morgan fingerprint density at radius 3 is 2.33 bits per heavy atom. The van der Waals surface area contributed by atoms with Crippen LogP contribution in [0.25, 0.3) is 0 Å². The highest BCUT2D eigenvalue weighted by molar-refractivity contribution is 6.31. The largest absolute Gasteiger partial charge is 0.493 e. The number of nitrogens with two attached hydrogens (primary N) is 1. The number of rotatable bonds is 4. The first-order valence-corrected chi connectivity index (χ1v) is 6.79. The van der Waals surface area contributed by atoms with Gasteiger partial charge in [0.05, 0.1) is 20.3 Å². The molecular weight excluding hydrogens is 293 g/mol. The Morgan fingerprint density at radius 2 is 1.71 bits per heavy atom. The molecule has 0 aliphatic heterocycles. The van der Waals surface area contributed by atoms with Gasteiger partial charge in [-0.2, -0.15) is 0 Å². The summed E-state index contributed by atoms with van der Waals surface area (Å²) in [7, 11) is 3.04.